The lowest BCUT2D eigenvalue weighted by atomic mass is 9.99. The first-order valence-electron chi connectivity index (χ1n) is 7.92. The molecule has 4 rings (SSSR count). The molecule has 1 aromatic heterocycles. The Kier molecular flexibility index (Phi) is 4.38. The molecule has 0 saturated carbocycles. The SMILES string of the molecule is Brc1c(-c2ccccc2)c(-c2ccccc2)cp1-c1ccccc1. The topological polar surface area (TPSA) is 0 Å². The predicted molar refractivity (Wildman–Crippen MR) is 109 cm³/mol. The van der Waals surface area contributed by atoms with Gasteiger partial charge in [0.05, 0.1) is 0 Å². The molecule has 1 heterocycles. The van der Waals surface area contributed by atoms with Crippen molar-refractivity contribution < 1.29 is 0 Å². The maximum Gasteiger partial charge on any atom is 0.0497 e. The Morgan fingerprint density at radius 3 is 1.67 bits per heavy atom. The molecule has 4 aromatic rings. The number of halogens is 1. The molecule has 116 valence electrons. The molecule has 1 atom stereocenters. The van der Waals surface area contributed by atoms with Crippen LogP contribution in [0.5, 0.6) is 0 Å². The largest absolute Gasteiger partial charge is 0.0773 e. The number of benzene rings is 3. The summed E-state index contributed by atoms with van der Waals surface area (Å²) in [6.45, 7) is 0. The average Bonchev–Trinajstić information content (AvgIpc) is 3.01. The van der Waals surface area contributed by atoms with Crippen molar-refractivity contribution in [3.63, 3.8) is 0 Å². The third-order valence-electron chi connectivity index (χ3n) is 4.13. The van der Waals surface area contributed by atoms with Gasteiger partial charge >= 0.3 is 0 Å². The van der Waals surface area contributed by atoms with Crippen LogP contribution in [-0.4, -0.2) is 0 Å². The number of hydrogen-bond acceptors (Lipinski definition) is 0. The molecule has 0 N–H and O–H groups in total. The standard InChI is InChI=1S/C22H16BrP/c23-22-21(18-12-6-2-7-13-18)20(17-10-4-1-5-11-17)16-24(22)19-14-8-3-9-15-19/h1-16H. The molecule has 0 spiro atoms. The van der Waals surface area contributed by atoms with Crippen LogP contribution in [0.25, 0.3) is 27.6 Å². The van der Waals surface area contributed by atoms with Crippen molar-refractivity contribution in [2.24, 2.45) is 0 Å². The summed E-state index contributed by atoms with van der Waals surface area (Å²) in [6.07, 6.45) is 0. The molecule has 24 heavy (non-hydrogen) atoms. The summed E-state index contributed by atoms with van der Waals surface area (Å²) in [5, 5.41) is 1.37. The van der Waals surface area contributed by atoms with E-state index < -0.39 is 7.53 Å². The van der Waals surface area contributed by atoms with Gasteiger partial charge in [-0.05, 0) is 43.7 Å². The van der Waals surface area contributed by atoms with E-state index in [1.807, 2.05) is 0 Å². The molecule has 0 fully saturated rings. The predicted octanol–water partition coefficient (Wildman–Crippen LogP) is 7.76. The molecule has 0 saturated heterocycles. The summed E-state index contributed by atoms with van der Waals surface area (Å²) in [5.74, 6) is 2.44. The van der Waals surface area contributed by atoms with Crippen LogP contribution in [0.2, 0.25) is 0 Å². The minimum absolute atomic E-state index is 0.493. The van der Waals surface area contributed by atoms with Crippen LogP contribution in [0.15, 0.2) is 101 Å². The van der Waals surface area contributed by atoms with E-state index in [1.54, 1.807) is 0 Å². The lowest BCUT2D eigenvalue weighted by Crippen LogP contribution is -1.80. The molecule has 2 heteroatoms. The zero-order valence-corrected chi connectivity index (χ0v) is 15.5. The molecule has 3 aromatic carbocycles. The van der Waals surface area contributed by atoms with Crippen LogP contribution in [0.3, 0.4) is 0 Å². The van der Waals surface area contributed by atoms with E-state index in [2.05, 4.69) is 113 Å². The van der Waals surface area contributed by atoms with E-state index in [1.165, 1.54) is 31.8 Å². The number of rotatable bonds is 3. The number of hydrogen-bond donors (Lipinski definition) is 0. The molecule has 0 radical (unpaired) electrons. The van der Waals surface area contributed by atoms with Crippen LogP contribution < -0.4 is 0 Å². The highest BCUT2D eigenvalue weighted by Crippen LogP contribution is 2.56. The quantitative estimate of drug-likeness (QED) is 0.335. The summed E-state index contributed by atoms with van der Waals surface area (Å²) >= 11 is 3.94. The monoisotopic (exact) mass is 390 g/mol. The second-order valence-electron chi connectivity index (χ2n) is 5.65. The Labute approximate surface area is 152 Å². The lowest BCUT2D eigenvalue weighted by molar-refractivity contribution is 1.63. The molecule has 0 aliphatic carbocycles. The fourth-order valence-corrected chi connectivity index (χ4v) is 6.35. The Morgan fingerprint density at radius 1 is 0.583 bits per heavy atom. The molecule has 0 aliphatic rings. The van der Waals surface area contributed by atoms with Crippen LogP contribution in [-0.2, 0) is 0 Å². The van der Waals surface area contributed by atoms with Gasteiger partial charge < -0.3 is 0 Å². The fourth-order valence-electron chi connectivity index (χ4n) is 2.97. The maximum atomic E-state index is 3.94. The van der Waals surface area contributed by atoms with Crippen molar-refractivity contribution >= 4 is 23.5 Å². The summed E-state index contributed by atoms with van der Waals surface area (Å²) in [4.78, 5) is 0. The van der Waals surface area contributed by atoms with Crippen molar-refractivity contribution in [1.82, 2.24) is 0 Å². The lowest BCUT2D eigenvalue weighted by Gasteiger charge is -2.06. The van der Waals surface area contributed by atoms with Gasteiger partial charge in [-0.15, -0.1) is 0 Å². The third kappa shape index (κ3) is 2.86. The van der Waals surface area contributed by atoms with Gasteiger partial charge in [-0.3, -0.25) is 0 Å². The second kappa shape index (κ2) is 6.81. The zero-order valence-electron chi connectivity index (χ0n) is 13.1. The first kappa shape index (κ1) is 15.4. The van der Waals surface area contributed by atoms with Gasteiger partial charge in [0, 0.05) is 9.77 Å². The summed E-state index contributed by atoms with van der Waals surface area (Å²) in [7, 11) is -0.493. The molecular weight excluding hydrogens is 375 g/mol. The minimum Gasteiger partial charge on any atom is -0.0773 e. The molecule has 0 amide bonds. The van der Waals surface area contributed by atoms with E-state index in [0.717, 1.165) is 0 Å². The van der Waals surface area contributed by atoms with Crippen LogP contribution >= 0.6 is 23.5 Å². The van der Waals surface area contributed by atoms with E-state index >= 15 is 0 Å². The van der Waals surface area contributed by atoms with E-state index in [9.17, 15) is 0 Å². The highest BCUT2D eigenvalue weighted by atomic mass is 79.9. The normalized spacial score (nSPS) is 11.5. The highest BCUT2D eigenvalue weighted by molar-refractivity contribution is 9.11. The van der Waals surface area contributed by atoms with Gasteiger partial charge in [0.15, 0.2) is 0 Å². The molecule has 0 aliphatic heterocycles. The zero-order chi connectivity index (χ0) is 16.4. The van der Waals surface area contributed by atoms with Gasteiger partial charge in [-0.2, -0.15) is 0 Å². The van der Waals surface area contributed by atoms with E-state index in [4.69, 9.17) is 0 Å². The van der Waals surface area contributed by atoms with E-state index in [-0.39, 0.29) is 0 Å². The Morgan fingerprint density at radius 2 is 1.08 bits per heavy atom. The van der Waals surface area contributed by atoms with Gasteiger partial charge in [-0.25, -0.2) is 0 Å². The van der Waals surface area contributed by atoms with Gasteiger partial charge in [0.1, 0.15) is 0 Å². The van der Waals surface area contributed by atoms with Crippen LogP contribution in [0.1, 0.15) is 0 Å². The maximum absolute atomic E-state index is 3.94. The van der Waals surface area contributed by atoms with Crippen LogP contribution in [0, 0.1) is 0 Å². The summed E-state index contributed by atoms with van der Waals surface area (Å²) in [6, 6.07) is 32.1. The van der Waals surface area contributed by atoms with Crippen molar-refractivity contribution in [1.29, 1.82) is 0 Å². The first-order chi connectivity index (χ1) is 11.8. The van der Waals surface area contributed by atoms with Crippen molar-refractivity contribution in [2.45, 2.75) is 0 Å². The fraction of sp³-hybridized carbons (Fsp3) is 0. The molecule has 0 bridgehead atoms. The molecular formula is C22H16BrP. The molecule has 0 nitrogen and oxygen atoms in total. The van der Waals surface area contributed by atoms with Crippen molar-refractivity contribution in [2.75, 3.05) is 0 Å². The summed E-state index contributed by atoms with van der Waals surface area (Å²) < 4.78 is 1.30. The average molecular weight is 391 g/mol. The minimum atomic E-state index is -0.493. The highest BCUT2D eigenvalue weighted by Gasteiger charge is 2.18. The summed E-state index contributed by atoms with van der Waals surface area (Å²) in [5.41, 5.74) is 5.18. The first-order valence-corrected chi connectivity index (χ1v) is 10.1. The Balaban J connectivity index is 1.99. The van der Waals surface area contributed by atoms with Crippen LogP contribution in [0.4, 0.5) is 0 Å². The van der Waals surface area contributed by atoms with Gasteiger partial charge in [0.25, 0.3) is 0 Å². The Bertz CT molecular complexity index is 941. The smallest absolute Gasteiger partial charge is 0.0497 e. The van der Waals surface area contributed by atoms with Gasteiger partial charge in [0.2, 0.25) is 0 Å². The van der Waals surface area contributed by atoms with E-state index in [0.29, 0.717) is 0 Å². The van der Waals surface area contributed by atoms with Crippen molar-refractivity contribution in [3.05, 3.63) is 101 Å². The second-order valence-corrected chi connectivity index (χ2v) is 9.01. The molecule has 1 unspecified atom stereocenters. The Hall–Kier alpha value is -2.08. The third-order valence-corrected chi connectivity index (χ3v) is 7.69. The van der Waals surface area contributed by atoms with Crippen molar-refractivity contribution in [3.8, 4) is 27.6 Å². The van der Waals surface area contributed by atoms with Gasteiger partial charge in [-0.1, -0.05) is 98.5 Å².